The molecule has 0 aliphatic carbocycles. The summed E-state index contributed by atoms with van der Waals surface area (Å²) in [4.78, 5) is 33.6. The molecule has 0 radical (unpaired) electrons. The van der Waals surface area contributed by atoms with E-state index in [1.165, 1.54) is 20.0 Å². The van der Waals surface area contributed by atoms with Crippen molar-refractivity contribution >= 4 is 28.5 Å². The van der Waals surface area contributed by atoms with Crippen LogP contribution in [-0.4, -0.2) is 55.8 Å². The summed E-state index contributed by atoms with van der Waals surface area (Å²) in [6.07, 6.45) is 4.68. The van der Waals surface area contributed by atoms with Crippen LogP contribution in [0, 0.1) is 0 Å². The first kappa shape index (κ1) is 27.1. The third-order valence-corrected chi connectivity index (χ3v) is 5.58. The molecular weight excluding hydrogens is 463 g/mol. The van der Waals surface area contributed by atoms with Crippen LogP contribution in [0.25, 0.3) is 16.9 Å². The number of anilines is 1. The molecule has 1 atom stereocenters. The lowest BCUT2D eigenvalue weighted by atomic mass is 10.0. The van der Waals surface area contributed by atoms with Crippen LogP contribution in [0.5, 0.6) is 0 Å². The highest BCUT2D eigenvalue weighted by molar-refractivity contribution is 5.99. The fraction of sp³-hybridized carbons (Fsp3) is 0.462. The molecule has 3 heterocycles. The van der Waals surface area contributed by atoms with Crippen molar-refractivity contribution in [3.63, 3.8) is 0 Å². The molecule has 0 aliphatic rings. The molecule has 1 unspecified atom stereocenters. The predicted octanol–water partition coefficient (Wildman–Crippen LogP) is 3.50. The smallest absolute Gasteiger partial charge is 0.255 e. The molecule has 4 N–H and O–H groups in total. The van der Waals surface area contributed by atoms with E-state index in [9.17, 15) is 19.1 Å². The number of hydrogen-bond donors (Lipinski definition) is 4. The van der Waals surface area contributed by atoms with Gasteiger partial charge in [0, 0.05) is 49.1 Å². The van der Waals surface area contributed by atoms with Gasteiger partial charge in [-0.15, -0.1) is 0 Å². The number of hydrogen-bond acceptors (Lipinski definition) is 6. The maximum absolute atomic E-state index is 14.1. The molecule has 3 aromatic rings. The highest BCUT2D eigenvalue weighted by Gasteiger charge is 2.27. The number of carbonyl (C=O) groups excluding carboxylic acids is 2. The molecule has 10 heteroatoms. The van der Waals surface area contributed by atoms with Gasteiger partial charge in [0.05, 0.1) is 23.4 Å². The van der Waals surface area contributed by atoms with Crippen molar-refractivity contribution in [3.05, 3.63) is 47.9 Å². The molecule has 0 saturated carbocycles. The number of rotatable bonds is 11. The van der Waals surface area contributed by atoms with Crippen LogP contribution < -0.4 is 16.0 Å². The lowest BCUT2D eigenvalue weighted by Crippen LogP contribution is -2.42. The first-order valence-electron chi connectivity index (χ1n) is 12.1. The summed E-state index contributed by atoms with van der Waals surface area (Å²) in [7, 11) is 0. The van der Waals surface area contributed by atoms with Crippen LogP contribution in [0.15, 0.2) is 36.8 Å². The van der Waals surface area contributed by atoms with Gasteiger partial charge in [0.1, 0.15) is 17.6 Å². The van der Waals surface area contributed by atoms with E-state index < -0.39 is 17.7 Å². The van der Waals surface area contributed by atoms with Crippen LogP contribution in [-0.2, 0) is 11.3 Å². The van der Waals surface area contributed by atoms with Crippen molar-refractivity contribution in [2.45, 2.75) is 71.8 Å². The number of nitrogens with zero attached hydrogens (tertiary/aromatic N) is 3. The molecular formula is C26H35FN6O3. The Labute approximate surface area is 210 Å². The number of fused-ring (bicyclic) bond motifs is 1. The van der Waals surface area contributed by atoms with E-state index in [1.807, 2.05) is 43.7 Å². The summed E-state index contributed by atoms with van der Waals surface area (Å²) in [6.45, 7) is 8.65. The number of pyridine rings is 2. The zero-order chi connectivity index (χ0) is 26.5. The fourth-order valence-electron chi connectivity index (χ4n) is 3.58. The zero-order valence-electron chi connectivity index (χ0n) is 21.4. The summed E-state index contributed by atoms with van der Waals surface area (Å²) < 4.78 is 15.9. The Morgan fingerprint density at radius 3 is 2.58 bits per heavy atom. The molecule has 9 nitrogen and oxygen atoms in total. The average Bonchev–Trinajstić information content (AvgIpc) is 3.23. The SMILES string of the molecule is CCCC(=O)NCc1cnc2c(ccn2-c2cc(NC(C)C)c(C(=O)NCC(F)C(C)(C)O)cn2)c1. The Morgan fingerprint density at radius 1 is 1.17 bits per heavy atom. The maximum atomic E-state index is 14.1. The summed E-state index contributed by atoms with van der Waals surface area (Å²) in [5.41, 5.74) is 0.833. The summed E-state index contributed by atoms with van der Waals surface area (Å²) in [6, 6.07) is 5.66. The number of nitrogens with one attached hydrogen (secondary N) is 3. The second-order valence-electron chi connectivity index (χ2n) is 9.69. The number of aliphatic hydroxyl groups is 1. The molecule has 194 valence electrons. The average molecular weight is 499 g/mol. The van der Waals surface area contributed by atoms with Crippen LogP contribution in [0.4, 0.5) is 10.1 Å². The molecule has 0 spiro atoms. The van der Waals surface area contributed by atoms with Gasteiger partial charge in [-0.25, -0.2) is 14.4 Å². The first-order valence-corrected chi connectivity index (χ1v) is 12.1. The summed E-state index contributed by atoms with van der Waals surface area (Å²) >= 11 is 0. The second-order valence-corrected chi connectivity index (χ2v) is 9.69. The van der Waals surface area contributed by atoms with Crippen molar-refractivity contribution in [2.24, 2.45) is 0 Å². The second kappa shape index (κ2) is 11.5. The maximum Gasteiger partial charge on any atom is 0.255 e. The molecule has 2 amide bonds. The van der Waals surface area contributed by atoms with Gasteiger partial charge in [-0.05, 0) is 51.8 Å². The van der Waals surface area contributed by atoms with Crippen molar-refractivity contribution < 1.29 is 19.1 Å². The van der Waals surface area contributed by atoms with Crippen molar-refractivity contribution in [3.8, 4) is 5.82 Å². The molecule has 0 bridgehead atoms. The molecule has 3 aromatic heterocycles. The molecule has 3 rings (SSSR count). The quantitative estimate of drug-likeness (QED) is 0.321. The van der Waals surface area contributed by atoms with Gasteiger partial charge < -0.3 is 21.1 Å². The minimum Gasteiger partial charge on any atom is -0.387 e. The van der Waals surface area contributed by atoms with Crippen molar-refractivity contribution in [2.75, 3.05) is 11.9 Å². The topological polar surface area (TPSA) is 121 Å². The fourth-order valence-corrected chi connectivity index (χ4v) is 3.58. The lowest BCUT2D eigenvalue weighted by molar-refractivity contribution is -0.121. The van der Waals surface area contributed by atoms with E-state index in [2.05, 4.69) is 25.9 Å². The number of amides is 2. The Bertz CT molecular complexity index is 1220. The molecule has 0 aliphatic heterocycles. The van der Waals surface area contributed by atoms with Crippen LogP contribution >= 0.6 is 0 Å². The first-order chi connectivity index (χ1) is 17.0. The Morgan fingerprint density at radius 2 is 1.92 bits per heavy atom. The minimum absolute atomic E-state index is 0.00999. The Balaban J connectivity index is 1.84. The summed E-state index contributed by atoms with van der Waals surface area (Å²) in [5, 5.41) is 19.3. The molecule has 0 saturated heterocycles. The van der Waals surface area contributed by atoms with E-state index in [0.717, 1.165) is 17.4 Å². The highest BCUT2D eigenvalue weighted by Crippen LogP contribution is 2.24. The van der Waals surface area contributed by atoms with E-state index in [1.54, 1.807) is 12.3 Å². The van der Waals surface area contributed by atoms with Crippen molar-refractivity contribution in [1.29, 1.82) is 0 Å². The van der Waals surface area contributed by atoms with E-state index in [0.29, 0.717) is 30.1 Å². The minimum atomic E-state index is -1.61. The van der Waals surface area contributed by atoms with Crippen LogP contribution in [0.3, 0.4) is 0 Å². The van der Waals surface area contributed by atoms with E-state index in [4.69, 9.17) is 0 Å². The molecule has 36 heavy (non-hydrogen) atoms. The van der Waals surface area contributed by atoms with Crippen molar-refractivity contribution in [1.82, 2.24) is 25.2 Å². The van der Waals surface area contributed by atoms with Gasteiger partial charge in [-0.1, -0.05) is 6.92 Å². The molecule has 0 fully saturated rings. The predicted molar refractivity (Wildman–Crippen MR) is 138 cm³/mol. The third kappa shape index (κ3) is 6.78. The third-order valence-electron chi connectivity index (χ3n) is 5.58. The zero-order valence-corrected chi connectivity index (χ0v) is 21.4. The number of aromatic nitrogens is 3. The summed E-state index contributed by atoms with van der Waals surface area (Å²) in [5.74, 6) is 0.0752. The van der Waals surface area contributed by atoms with Gasteiger partial charge in [0.2, 0.25) is 5.91 Å². The van der Waals surface area contributed by atoms with Crippen LogP contribution in [0.1, 0.15) is 63.4 Å². The van der Waals surface area contributed by atoms with Crippen LogP contribution in [0.2, 0.25) is 0 Å². The van der Waals surface area contributed by atoms with Gasteiger partial charge in [-0.2, -0.15) is 0 Å². The van der Waals surface area contributed by atoms with Gasteiger partial charge in [0.15, 0.2) is 0 Å². The number of alkyl halides is 1. The number of carbonyl (C=O) groups is 2. The normalized spacial score (nSPS) is 12.6. The monoisotopic (exact) mass is 498 g/mol. The standard InChI is InChI=1S/C26H35FN6O3/c1-6-7-23(34)29-12-17-10-18-8-9-33(24(18)30-13-17)22-11-20(32-16(2)3)19(14-28-22)25(35)31-15-21(27)26(4,5)36/h8-11,13-14,16,21,36H,6-7,12,15H2,1-5H3,(H,28,32)(H,29,34)(H,31,35). The van der Waals surface area contributed by atoms with E-state index in [-0.39, 0.29) is 24.1 Å². The van der Waals surface area contributed by atoms with Gasteiger partial charge in [-0.3, -0.25) is 14.2 Å². The Kier molecular flexibility index (Phi) is 8.62. The highest BCUT2D eigenvalue weighted by atomic mass is 19.1. The van der Waals surface area contributed by atoms with E-state index >= 15 is 0 Å². The molecule has 0 aromatic carbocycles. The Hall–Kier alpha value is -3.53. The number of halogens is 1. The lowest BCUT2D eigenvalue weighted by Gasteiger charge is -2.23. The van der Waals surface area contributed by atoms with Gasteiger partial charge >= 0.3 is 0 Å². The van der Waals surface area contributed by atoms with Gasteiger partial charge in [0.25, 0.3) is 5.91 Å². The largest absolute Gasteiger partial charge is 0.387 e.